The van der Waals surface area contributed by atoms with Gasteiger partial charge in [0.25, 0.3) is 0 Å². The van der Waals surface area contributed by atoms with Crippen molar-refractivity contribution in [1.82, 2.24) is 10.6 Å². The minimum absolute atomic E-state index is 0.0851. The predicted molar refractivity (Wildman–Crippen MR) is 178 cm³/mol. The molecule has 2 N–H and O–H groups in total. The average molecular weight is 563 g/mol. The molecule has 0 aliphatic carbocycles. The van der Waals surface area contributed by atoms with Crippen molar-refractivity contribution in [2.45, 2.75) is 195 Å². The maximum absolute atomic E-state index is 11.8. The molecule has 0 heterocycles. The van der Waals surface area contributed by atoms with Crippen LogP contribution in [0.1, 0.15) is 183 Å². The van der Waals surface area contributed by atoms with E-state index in [1.54, 1.807) is 12.2 Å². The molecule has 0 radical (unpaired) electrons. The van der Waals surface area contributed by atoms with Gasteiger partial charge in [-0.05, 0) is 63.5 Å². The van der Waals surface area contributed by atoms with Crippen LogP contribution in [0.15, 0.2) is 24.3 Å². The van der Waals surface area contributed by atoms with E-state index < -0.39 is 0 Å². The summed E-state index contributed by atoms with van der Waals surface area (Å²) in [4.78, 5) is 23.6. The van der Waals surface area contributed by atoms with E-state index in [0.717, 1.165) is 38.5 Å². The van der Waals surface area contributed by atoms with Crippen molar-refractivity contribution >= 4 is 11.8 Å². The Hall–Kier alpha value is -1.58. The zero-order valence-electron chi connectivity index (χ0n) is 27.8. The second kappa shape index (κ2) is 33.6. The summed E-state index contributed by atoms with van der Waals surface area (Å²) in [6.45, 7) is 13.2. The molecular weight excluding hydrogens is 492 g/mol. The first-order chi connectivity index (χ1) is 19.5. The Kier molecular flexibility index (Phi) is 34.1. The molecule has 40 heavy (non-hydrogen) atoms. The van der Waals surface area contributed by atoms with Crippen molar-refractivity contribution in [3.05, 3.63) is 24.3 Å². The van der Waals surface area contributed by atoms with Crippen molar-refractivity contribution in [2.75, 3.05) is 0 Å². The molecule has 0 fully saturated rings. The number of hydrogen-bond acceptors (Lipinski definition) is 2. The maximum atomic E-state index is 11.8. The van der Waals surface area contributed by atoms with Crippen LogP contribution in [0.5, 0.6) is 0 Å². The van der Waals surface area contributed by atoms with Crippen molar-refractivity contribution in [1.29, 1.82) is 0 Å². The van der Waals surface area contributed by atoms with Crippen LogP contribution in [-0.2, 0) is 9.59 Å². The molecule has 4 nitrogen and oxygen atoms in total. The third-order valence-corrected chi connectivity index (χ3v) is 7.48. The quantitative estimate of drug-likeness (QED) is 0.0813. The van der Waals surface area contributed by atoms with Gasteiger partial charge in [-0.2, -0.15) is 0 Å². The van der Waals surface area contributed by atoms with E-state index in [-0.39, 0.29) is 11.8 Å². The average Bonchev–Trinajstić information content (AvgIpc) is 2.95. The second-order valence-electron chi connectivity index (χ2n) is 11.4. The summed E-state index contributed by atoms with van der Waals surface area (Å²) in [5.74, 6) is 0.170. The standard InChI is InChI=1S/2C18H35NO/c2*1-4-7-9-10-11-12-14-16-18(20)19-17(6-3)15-13-8-5-2/h2*14,16-17H,4-13,15H2,1-3H3,(H,19,20)/b2*16-14+. The molecule has 0 saturated heterocycles. The summed E-state index contributed by atoms with van der Waals surface area (Å²) in [6, 6.07) is 0.700. The summed E-state index contributed by atoms with van der Waals surface area (Å²) < 4.78 is 0. The van der Waals surface area contributed by atoms with Crippen molar-refractivity contribution < 1.29 is 9.59 Å². The van der Waals surface area contributed by atoms with E-state index in [9.17, 15) is 9.59 Å². The van der Waals surface area contributed by atoms with Gasteiger partial charge in [-0.1, -0.05) is 144 Å². The Labute approximate surface area is 251 Å². The molecule has 0 aromatic heterocycles. The van der Waals surface area contributed by atoms with Crippen LogP contribution in [0.4, 0.5) is 0 Å². The van der Waals surface area contributed by atoms with Gasteiger partial charge in [0.15, 0.2) is 0 Å². The van der Waals surface area contributed by atoms with Crippen LogP contribution in [-0.4, -0.2) is 23.9 Å². The van der Waals surface area contributed by atoms with Crippen LogP contribution in [0.3, 0.4) is 0 Å². The Bertz CT molecular complexity index is 548. The van der Waals surface area contributed by atoms with E-state index in [1.165, 1.54) is 103 Å². The van der Waals surface area contributed by atoms with Crippen LogP contribution < -0.4 is 10.6 Å². The van der Waals surface area contributed by atoms with Gasteiger partial charge in [-0.25, -0.2) is 0 Å². The SMILES string of the molecule is CCCCCCC/C=C/C(=O)NC(CC)CCCCC.CCCCCCC/C=C/C(=O)NC(CC)CCCCC. The first-order valence-electron chi connectivity index (χ1n) is 17.4. The number of nitrogens with one attached hydrogen (secondary N) is 2. The summed E-state index contributed by atoms with van der Waals surface area (Å²) in [5.41, 5.74) is 0. The Balaban J connectivity index is 0. The molecule has 236 valence electrons. The maximum Gasteiger partial charge on any atom is 0.243 e. The van der Waals surface area contributed by atoms with Crippen LogP contribution >= 0.6 is 0 Å². The van der Waals surface area contributed by atoms with Crippen molar-refractivity contribution in [2.24, 2.45) is 0 Å². The zero-order valence-corrected chi connectivity index (χ0v) is 27.8. The summed E-state index contributed by atoms with van der Waals surface area (Å²) in [6.07, 6.45) is 34.2. The van der Waals surface area contributed by atoms with E-state index in [2.05, 4.69) is 52.2 Å². The van der Waals surface area contributed by atoms with Crippen LogP contribution in [0, 0.1) is 0 Å². The highest BCUT2D eigenvalue weighted by Crippen LogP contribution is 2.09. The van der Waals surface area contributed by atoms with Crippen LogP contribution in [0.25, 0.3) is 0 Å². The molecule has 0 aromatic rings. The Morgan fingerprint density at radius 1 is 0.475 bits per heavy atom. The number of amides is 2. The molecule has 0 bridgehead atoms. The zero-order chi connectivity index (χ0) is 30.1. The van der Waals surface area contributed by atoms with Crippen LogP contribution in [0.2, 0.25) is 0 Å². The fourth-order valence-electron chi connectivity index (χ4n) is 4.65. The molecule has 0 aliphatic rings. The van der Waals surface area contributed by atoms with Gasteiger partial charge in [0.2, 0.25) is 11.8 Å². The summed E-state index contributed by atoms with van der Waals surface area (Å²) in [7, 11) is 0. The third kappa shape index (κ3) is 31.0. The molecule has 4 heteroatoms. The molecule has 0 aromatic carbocycles. The number of carbonyl (C=O) groups excluding carboxylic acids is 2. The molecule has 2 amide bonds. The normalized spacial score (nSPS) is 12.8. The number of rotatable bonds is 26. The van der Waals surface area contributed by atoms with Crippen molar-refractivity contribution in [3.8, 4) is 0 Å². The van der Waals surface area contributed by atoms with Gasteiger partial charge in [0.1, 0.15) is 0 Å². The first-order valence-corrected chi connectivity index (χ1v) is 17.4. The number of allylic oxidation sites excluding steroid dienone is 2. The predicted octanol–water partition coefficient (Wildman–Crippen LogP) is 10.8. The highest BCUT2D eigenvalue weighted by molar-refractivity contribution is 5.88. The molecule has 0 aliphatic heterocycles. The van der Waals surface area contributed by atoms with E-state index in [0.29, 0.717) is 12.1 Å². The smallest absolute Gasteiger partial charge is 0.243 e. The molecule has 0 rings (SSSR count). The Morgan fingerprint density at radius 2 is 0.800 bits per heavy atom. The first kappa shape index (κ1) is 40.6. The summed E-state index contributed by atoms with van der Waals surface area (Å²) >= 11 is 0. The highest BCUT2D eigenvalue weighted by atomic mass is 16.2. The number of carbonyl (C=O) groups is 2. The van der Waals surface area contributed by atoms with E-state index in [4.69, 9.17) is 0 Å². The summed E-state index contributed by atoms with van der Waals surface area (Å²) in [5, 5.41) is 6.22. The second-order valence-corrected chi connectivity index (χ2v) is 11.4. The highest BCUT2D eigenvalue weighted by Gasteiger charge is 2.08. The topological polar surface area (TPSA) is 58.2 Å². The minimum atomic E-state index is 0.0851. The van der Waals surface area contributed by atoms with Gasteiger partial charge in [-0.15, -0.1) is 0 Å². The lowest BCUT2D eigenvalue weighted by atomic mass is 10.1. The Morgan fingerprint density at radius 3 is 1.12 bits per heavy atom. The molecular formula is C36H70N2O2. The van der Waals surface area contributed by atoms with Gasteiger partial charge in [-0.3, -0.25) is 9.59 Å². The molecule has 0 saturated carbocycles. The largest absolute Gasteiger partial charge is 0.350 e. The monoisotopic (exact) mass is 563 g/mol. The fourth-order valence-corrected chi connectivity index (χ4v) is 4.65. The number of unbranched alkanes of at least 4 members (excludes halogenated alkanes) is 14. The van der Waals surface area contributed by atoms with E-state index in [1.807, 2.05) is 12.2 Å². The third-order valence-electron chi connectivity index (χ3n) is 7.48. The minimum Gasteiger partial charge on any atom is -0.350 e. The molecule has 2 atom stereocenters. The lowest BCUT2D eigenvalue weighted by Gasteiger charge is -2.15. The van der Waals surface area contributed by atoms with E-state index >= 15 is 0 Å². The lowest BCUT2D eigenvalue weighted by Crippen LogP contribution is -2.33. The van der Waals surface area contributed by atoms with Gasteiger partial charge < -0.3 is 10.6 Å². The lowest BCUT2D eigenvalue weighted by molar-refractivity contribution is -0.118. The number of hydrogen-bond donors (Lipinski definition) is 2. The molecule has 2 unspecified atom stereocenters. The van der Waals surface area contributed by atoms with Gasteiger partial charge >= 0.3 is 0 Å². The molecule has 0 spiro atoms. The van der Waals surface area contributed by atoms with Gasteiger partial charge in [0.05, 0.1) is 0 Å². The van der Waals surface area contributed by atoms with Gasteiger partial charge in [0, 0.05) is 12.1 Å². The van der Waals surface area contributed by atoms with Crippen molar-refractivity contribution in [3.63, 3.8) is 0 Å². The fraction of sp³-hybridized carbons (Fsp3) is 0.833.